The Kier molecular flexibility index (Phi) is 8.85. The minimum atomic E-state index is 0.582. The van der Waals surface area contributed by atoms with Crippen molar-refractivity contribution >= 4 is 49.1 Å². The van der Waals surface area contributed by atoms with Crippen molar-refractivity contribution in [2.24, 2.45) is 0 Å². The summed E-state index contributed by atoms with van der Waals surface area (Å²) in [6.45, 7) is 5.87. The highest BCUT2D eigenvalue weighted by Gasteiger charge is 2.20. The van der Waals surface area contributed by atoms with Gasteiger partial charge in [-0.1, -0.05) is 195 Å². The van der Waals surface area contributed by atoms with E-state index < -0.39 is 0 Å². The molecule has 0 aliphatic rings. The summed E-state index contributed by atoms with van der Waals surface area (Å²) in [5.41, 5.74) is 11.0. The third kappa shape index (κ3) is 6.18. The van der Waals surface area contributed by atoms with Crippen molar-refractivity contribution in [2.45, 2.75) is 6.92 Å². The Morgan fingerprint density at radius 2 is 1.00 bits per heavy atom. The van der Waals surface area contributed by atoms with Crippen LogP contribution in [0.15, 0.2) is 205 Å². The lowest BCUT2D eigenvalue weighted by Crippen LogP contribution is -2.01. The summed E-state index contributed by atoms with van der Waals surface area (Å²) >= 11 is 0. The molecule has 8 aromatic carbocycles. The van der Waals surface area contributed by atoms with Gasteiger partial charge in [-0.3, -0.25) is 0 Å². The number of fused-ring (bicyclic) bond motifs is 5. The number of furan rings is 1. The molecule has 0 N–H and O–H groups in total. The van der Waals surface area contributed by atoms with E-state index in [1.807, 2.05) is 25.1 Å². The maximum atomic E-state index is 6.75. The van der Waals surface area contributed by atoms with Crippen LogP contribution in [0.4, 0.5) is 0 Å². The number of hydrogen-bond donors (Lipinski definition) is 0. The lowest BCUT2D eigenvalue weighted by Gasteiger charge is -2.11. The maximum absolute atomic E-state index is 6.75. The lowest BCUT2D eigenvalue weighted by atomic mass is 9.95. The van der Waals surface area contributed by atoms with Gasteiger partial charge < -0.3 is 4.42 Å². The number of nitrogens with zero attached hydrogens (tertiary/aromatic N) is 3. The van der Waals surface area contributed by atoms with Crippen molar-refractivity contribution in [1.29, 1.82) is 0 Å². The molecule has 58 heavy (non-hydrogen) atoms. The van der Waals surface area contributed by atoms with Gasteiger partial charge in [-0.15, -0.1) is 0 Å². The van der Waals surface area contributed by atoms with Crippen molar-refractivity contribution < 1.29 is 4.42 Å². The second kappa shape index (κ2) is 14.8. The smallest absolute Gasteiger partial charge is 0.164 e. The van der Waals surface area contributed by atoms with E-state index in [-0.39, 0.29) is 0 Å². The average Bonchev–Trinajstić information content (AvgIpc) is 3.68. The van der Waals surface area contributed by atoms with Crippen LogP contribution < -0.4 is 0 Å². The highest BCUT2D eigenvalue weighted by atomic mass is 16.3. The Morgan fingerprint density at radius 1 is 0.483 bits per heavy atom. The highest BCUT2D eigenvalue weighted by molar-refractivity contribution is 6.15. The average molecular weight is 744 g/mol. The fourth-order valence-corrected chi connectivity index (χ4v) is 8.08. The molecule has 0 saturated heterocycles. The van der Waals surface area contributed by atoms with Gasteiger partial charge >= 0.3 is 0 Å². The number of para-hydroxylation sites is 1. The summed E-state index contributed by atoms with van der Waals surface area (Å²) in [6, 6.07) is 59.3. The Labute approximate surface area is 336 Å². The number of hydrogen-bond acceptors (Lipinski definition) is 4. The Balaban J connectivity index is 1.12. The van der Waals surface area contributed by atoms with Crippen LogP contribution in [0.5, 0.6) is 0 Å². The maximum Gasteiger partial charge on any atom is 0.164 e. The van der Waals surface area contributed by atoms with Crippen molar-refractivity contribution in [2.75, 3.05) is 0 Å². The zero-order valence-electron chi connectivity index (χ0n) is 31.9. The van der Waals surface area contributed by atoms with E-state index in [1.165, 1.54) is 21.9 Å². The van der Waals surface area contributed by atoms with Crippen LogP contribution in [0.25, 0.3) is 105 Å². The second-order valence-corrected chi connectivity index (χ2v) is 14.3. The van der Waals surface area contributed by atoms with Gasteiger partial charge in [-0.2, -0.15) is 0 Å². The molecule has 2 aromatic heterocycles. The van der Waals surface area contributed by atoms with E-state index in [0.29, 0.717) is 17.5 Å². The van der Waals surface area contributed by atoms with Gasteiger partial charge in [0.25, 0.3) is 0 Å². The summed E-state index contributed by atoms with van der Waals surface area (Å²) in [5.74, 6) is 1.79. The molecule has 4 nitrogen and oxygen atoms in total. The summed E-state index contributed by atoms with van der Waals surface area (Å²) in [6.07, 6.45) is 7.89. The molecular formula is C54H37N3O. The standard InChI is InChI=1S/C54H37N3O/c1-3-5-14-35(4-2)36-27-33-41(34-28-36)52-55-53(46-23-11-18-38-16-7-9-20-44(38)46)57-54(56-52)48-25-13-26-49-50(48)47-24-12-22-45(51(47)58-49)40-31-29-39(30-32-40)43-21-10-17-37-15-6-8-19-42(37)43/h3-34H,1H2,2H3/b14-5-,35-4+. The molecule has 10 rings (SSSR count). The molecule has 4 heteroatoms. The van der Waals surface area contributed by atoms with Gasteiger partial charge in [-0.25, -0.2) is 15.0 Å². The van der Waals surface area contributed by atoms with Gasteiger partial charge in [0.15, 0.2) is 17.5 Å². The first-order valence-electron chi connectivity index (χ1n) is 19.5. The van der Waals surface area contributed by atoms with Crippen molar-refractivity contribution in [3.8, 4) is 56.4 Å². The zero-order chi connectivity index (χ0) is 39.0. The predicted octanol–water partition coefficient (Wildman–Crippen LogP) is 14.6. The van der Waals surface area contributed by atoms with E-state index in [0.717, 1.165) is 71.7 Å². The van der Waals surface area contributed by atoms with Crippen molar-refractivity contribution in [3.05, 3.63) is 206 Å². The lowest BCUT2D eigenvalue weighted by molar-refractivity contribution is 0.670. The third-order valence-corrected chi connectivity index (χ3v) is 10.9. The van der Waals surface area contributed by atoms with Gasteiger partial charge in [-0.05, 0) is 62.4 Å². The van der Waals surface area contributed by atoms with Crippen molar-refractivity contribution in [1.82, 2.24) is 15.0 Å². The monoisotopic (exact) mass is 743 g/mol. The number of aromatic nitrogens is 3. The molecule has 0 aliphatic heterocycles. The van der Waals surface area contributed by atoms with Gasteiger partial charge in [0.1, 0.15) is 11.2 Å². The van der Waals surface area contributed by atoms with E-state index in [1.54, 1.807) is 6.08 Å². The predicted molar refractivity (Wildman–Crippen MR) is 242 cm³/mol. The quantitative estimate of drug-likeness (QED) is 0.145. The van der Waals surface area contributed by atoms with Crippen LogP contribution in [0.2, 0.25) is 0 Å². The van der Waals surface area contributed by atoms with Crippen LogP contribution >= 0.6 is 0 Å². The summed E-state index contributed by atoms with van der Waals surface area (Å²) in [7, 11) is 0. The second-order valence-electron chi connectivity index (χ2n) is 14.3. The molecule has 0 saturated carbocycles. The molecule has 274 valence electrons. The largest absolute Gasteiger partial charge is 0.455 e. The van der Waals surface area contributed by atoms with Crippen LogP contribution in [0.3, 0.4) is 0 Å². The minimum Gasteiger partial charge on any atom is -0.455 e. The molecule has 0 bridgehead atoms. The van der Waals surface area contributed by atoms with E-state index >= 15 is 0 Å². The van der Waals surface area contributed by atoms with E-state index in [9.17, 15) is 0 Å². The fraction of sp³-hybridized carbons (Fsp3) is 0.0185. The molecular weight excluding hydrogens is 707 g/mol. The van der Waals surface area contributed by atoms with Crippen LogP contribution in [-0.2, 0) is 0 Å². The third-order valence-electron chi connectivity index (χ3n) is 10.9. The minimum absolute atomic E-state index is 0.582. The molecule has 0 radical (unpaired) electrons. The van der Waals surface area contributed by atoms with Gasteiger partial charge in [0, 0.05) is 33.0 Å². The molecule has 0 atom stereocenters. The number of rotatable bonds is 8. The normalized spacial score (nSPS) is 12.0. The van der Waals surface area contributed by atoms with Crippen LogP contribution in [0.1, 0.15) is 12.5 Å². The fourth-order valence-electron chi connectivity index (χ4n) is 8.08. The van der Waals surface area contributed by atoms with E-state index in [2.05, 4.69) is 176 Å². The highest BCUT2D eigenvalue weighted by Crippen LogP contribution is 2.41. The first-order valence-corrected chi connectivity index (χ1v) is 19.5. The first kappa shape index (κ1) is 34.8. The van der Waals surface area contributed by atoms with Crippen LogP contribution in [-0.4, -0.2) is 15.0 Å². The number of allylic oxidation sites excluding steroid dienone is 5. The Morgan fingerprint density at radius 3 is 1.71 bits per heavy atom. The Hall–Kier alpha value is -7.69. The first-order chi connectivity index (χ1) is 28.7. The Bertz CT molecular complexity index is 3230. The van der Waals surface area contributed by atoms with E-state index in [4.69, 9.17) is 19.4 Å². The summed E-state index contributed by atoms with van der Waals surface area (Å²) < 4.78 is 6.75. The van der Waals surface area contributed by atoms with Gasteiger partial charge in [0.2, 0.25) is 0 Å². The summed E-state index contributed by atoms with van der Waals surface area (Å²) in [4.78, 5) is 15.6. The molecule has 10 aromatic rings. The zero-order valence-corrected chi connectivity index (χ0v) is 31.9. The molecule has 0 spiro atoms. The molecule has 0 fully saturated rings. The SMILES string of the molecule is C=C/C=C\C(=C/C)c1ccc(-c2nc(-c3cccc4ccccc34)nc(-c3cccc4oc5c(-c6ccc(-c7cccc8ccccc78)cc6)cccc5c34)n2)cc1. The van der Waals surface area contributed by atoms with Crippen molar-refractivity contribution in [3.63, 3.8) is 0 Å². The molecule has 0 unspecified atom stereocenters. The van der Waals surface area contributed by atoms with Crippen LogP contribution in [0, 0.1) is 0 Å². The summed E-state index contributed by atoms with van der Waals surface area (Å²) in [5, 5.41) is 6.65. The molecule has 0 amide bonds. The van der Waals surface area contributed by atoms with Gasteiger partial charge in [0.05, 0.1) is 0 Å². The molecule has 2 heterocycles. The topological polar surface area (TPSA) is 51.8 Å². The number of benzene rings is 8. The molecule has 0 aliphatic carbocycles.